The first-order chi connectivity index (χ1) is 17.4. The molecule has 1 amide bonds. The number of hydrogen-bond acceptors (Lipinski definition) is 5. The molecule has 0 saturated heterocycles. The summed E-state index contributed by atoms with van der Waals surface area (Å²) < 4.78 is 0. The van der Waals surface area contributed by atoms with Gasteiger partial charge in [0.25, 0.3) is 0 Å². The quantitative estimate of drug-likeness (QED) is 0.346. The Bertz CT molecular complexity index is 1030. The lowest BCUT2D eigenvalue weighted by Gasteiger charge is -2.32. The first kappa shape index (κ1) is 30.5. The Labute approximate surface area is 215 Å². The molecule has 1 heterocycles. The van der Waals surface area contributed by atoms with Crippen molar-refractivity contribution in [1.82, 2.24) is 25.5 Å². The van der Waals surface area contributed by atoms with Crippen LogP contribution in [0.5, 0.6) is 0 Å². The Kier molecular flexibility index (Phi) is 13.7. The molecule has 0 saturated carbocycles. The van der Waals surface area contributed by atoms with Crippen LogP contribution in [0.4, 0.5) is 0 Å². The molecule has 0 aliphatic rings. The van der Waals surface area contributed by atoms with Crippen molar-refractivity contribution in [3.05, 3.63) is 54.1 Å². The zero-order valence-corrected chi connectivity index (χ0v) is 22.7. The number of tetrazole rings is 1. The Morgan fingerprint density at radius 3 is 2.08 bits per heavy atom. The van der Waals surface area contributed by atoms with E-state index >= 15 is 0 Å². The van der Waals surface area contributed by atoms with Crippen LogP contribution in [-0.4, -0.2) is 48.5 Å². The van der Waals surface area contributed by atoms with E-state index in [0.29, 0.717) is 12.2 Å². The second-order valence-corrected chi connectivity index (χ2v) is 8.13. The lowest BCUT2D eigenvalue weighted by atomic mass is 9.97. The highest BCUT2D eigenvalue weighted by Crippen LogP contribution is 2.30. The third-order valence-corrected chi connectivity index (χ3v) is 5.42. The normalized spacial score (nSPS) is 11.0. The highest BCUT2D eigenvalue weighted by molar-refractivity contribution is 5.84. The van der Waals surface area contributed by atoms with E-state index in [4.69, 9.17) is 0 Å². The Morgan fingerprint density at radius 1 is 0.972 bits per heavy atom. The number of aliphatic carboxylic acids is 1. The van der Waals surface area contributed by atoms with Gasteiger partial charge in [-0.25, -0.2) is 4.79 Å². The lowest BCUT2D eigenvalue weighted by molar-refractivity contribution is -0.153. The minimum absolute atomic E-state index is 0.125. The number of nitrogens with zero attached hydrogens (tertiary/aromatic N) is 4. The van der Waals surface area contributed by atoms with E-state index < -0.39 is 12.0 Å². The van der Waals surface area contributed by atoms with E-state index in [9.17, 15) is 14.7 Å². The molecule has 36 heavy (non-hydrogen) atoms. The summed E-state index contributed by atoms with van der Waals surface area (Å²) in [5.41, 5.74) is 3.66. The van der Waals surface area contributed by atoms with Crippen LogP contribution < -0.4 is 0 Å². The van der Waals surface area contributed by atoms with Gasteiger partial charge >= 0.3 is 5.97 Å². The Balaban J connectivity index is 0.00000154. The molecule has 0 fully saturated rings. The van der Waals surface area contributed by atoms with Gasteiger partial charge in [0.2, 0.25) is 11.7 Å². The van der Waals surface area contributed by atoms with E-state index in [1.807, 2.05) is 97.0 Å². The van der Waals surface area contributed by atoms with Gasteiger partial charge in [-0.1, -0.05) is 103 Å². The van der Waals surface area contributed by atoms with Crippen molar-refractivity contribution in [2.24, 2.45) is 5.92 Å². The van der Waals surface area contributed by atoms with Crippen molar-refractivity contribution in [3.63, 3.8) is 0 Å². The zero-order chi connectivity index (χ0) is 27.1. The van der Waals surface area contributed by atoms with Gasteiger partial charge in [-0.05, 0) is 34.2 Å². The molecule has 2 aromatic carbocycles. The SMILES string of the molecule is CC.CC.CCCCC(=O)N(Cc1ccc(-c2ccccc2-c2nn[nH]n2)cc1)C(C(=O)O)C(C)C. The summed E-state index contributed by atoms with van der Waals surface area (Å²) in [6.45, 7) is 13.9. The maximum absolute atomic E-state index is 12.9. The number of aromatic nitrogens is 4. The highest BCUT2D eigenvalue weighted by atomic mass is 16.4. The van der Waals surface area contributed by atoms with Gasteiger partial charge in [-0.2, -0.15) is 5.21 Å². The first-order valence-electron chi connectivity index (χ1n) is 12.9. The summed E-state index contributed by atoms with van der Waals surface area (Å²) in [4.78, 5) is 26.3. The van der Waals surface area contributed by atoms with E-state index in [1.54, 1.807) is 0 Å². The summed E-state index contributed by atoms with van der Waals surface area (Å²) in [6.07, 6.45) is 1.97. The average molecular weight is 496 g/mol. The number of hydrogen-bond donors (Lipinski definition) is 2. The summed E-state index contributed by atoms with van der Waals surface area (Å²) in [7, 11) is 0. The smallest absolute Gasteiger partial charge is 0.326 e. The minimum Gasteiger partial charge on any atom is -0.480 e. The molecule has 1 aromatic heterocycles. The number of benzene rings is 2. The van der Waals surface area contributed by atoms with Crippen LogP contribution in [0.2, 0.25) is 0 Å². The van der Waals surface area contributed by atoms with Gasteiger partial charge in [-0.3, -0.25) is 4.79 Å². The second kappa shape index (κ2) is 16.2. The predicted molar refractivity (Wildman–Crippen MR) is 144 cm³/mol. The number of carbonyl (C=O) groups excluding carboxylic acids is 1. The largest absolute Gasteiger partial charge is 0.480 e. The number of unbranched alkanes of at least 4 members (excludes halogenated alkanes) is 1. The van der Waals surface area contributed by atoms with Gasteiger partial charge in [0.1, 0.15) is 6.04 Å². The van der Waals surface area contributed by atoms with Crippen molar-refractivity contribution >= 4 is 11.9 Å². The fraction of sp³-hybridized carbons (Fsp3) is 0.464. The van der Waals surface area contributed by atoms with E-state index in [-0.39, 0.29) is 18.4 Å². The number of H-pyrrole nitrogens is 1. The topological polar surface area (TPSA) is 112 Å². The van der Waals surface area contributed by atoms with Crippen molar-refractivity contribution in [2.45, 2.75) is 80.3 Å². The van der Waals surface area contributed by atoms with Crippen LogP contribution in [-0.2, 0) is 16.1 Å². The molecule has 196 valence electrons. The van der Waals surface area contributed by atoms with Gasteiger partial charge in [0, 0.05) is 18.5 Å². The number of nitrogens with one attached hydrogen (secondary N) is 1. The number of amides is 1. The average Bonchev–Trinajstić information content (AvgIpc) is 3.44. The fourth-order valence-electron chi connectivity index (χ4n) is 3.78. The molecule has 3 rings (SSSR count). The molecule has 0 spiro atoms. The standard InChI is InChI=1S/C24H29N5O3.2C2H6/c1-4-5-10-21(30)29(22(16(2)3)24(31)32)15-17-11-13-18(14-12-17)19-8-6-7-9-20(19)23-25-27-28-26-23;2*1-2/h6-9,11-14,16,22H,4-5,10,15H2,1-3H3,(H,31,32)(H,25,26,27,28);2*1-2H3. The van der Waals surface area contributed by atoms with Crippen LogP contribution in [0.3, 0.4) is 0 Å². The maximum atomic E-state index is 12.9. The zero-order valence-electron chi connectivity index (χ0n) is 22.7. The van der Waals surface area contributed by atoms with Crippen molar-refractivity contribution in [3.8, 4) is 22.5 Å². The number of carboxylic acid groups (broad SMARTS) is 1. The minimum atomic E-state index is -0.976. The third-order valence-electron chi connectivity index (χ3n) is 5.42. The summed E-state index contributed by atoms with van der Waals surface area (Å²) in [5.74, 6) is -0.784. The molecule has 0 aliphatic heterocycles. The molecule has 8 heteroatoms. The fourth-order valence-corrected chi connectivity index (χ4v) is 3.78. The summed E-state index contributed by atoms with van der Waals surface area (Å²) in [6, 6.07) is 14.7. The van der Waals surface area contributed by atoms with E-state index in [0.717, 1.165) is 35.1 Å². The number of carboxylic acids is 1. The highest BCUT2D eigenvalue weighted by Gasteiger charge is 2.32. The molecule has 2 N–H and O–H groups in total. The molecule has 1 atom stereocenters. The van der Waals surface area contributed by atoms with Gasteiger partial charge in [0.15, 0.2) is 0 Å². The van der Waals surface area contributed by atoms with Gasteiger partial charge < -0.3 is 10.0 Å². The van der Waals surface area contributed by atoms with Gasteiger partial charge in [0.05, 0.1) is 0 Å². The first-order valence-corrected chi connectivity index (χ1v) is 12.9. The van der Waals surface area contributed by atoms with Crippen LogP contribution in [0.25, 0.3) is 22.5 Å². The molecular formula is C28H41N5O3. The number of carbonyl (C=O) groups is 2. The molecular weight excluding hydrogens is 454 g/mol. The van der Waals surface area contributed by atoms with E-state index in [2.05, 4.69) is 20.6 Å². The van der Waals surface area contributed by atoms with Gasteiger partial charge in [-0.15, -0.1) is 10.2 Å². The molecule has 0 radical (unpaired) electrons. The molecule has 0 aliphatic carbocycles. The maximum Gasteiger partial charge on any atom is 0.326 e. The second-order valence-electron chi connectivity index (χ2n) is 8.13. The predicted octanol–water partition coefficient (Wildman–Crippen LogP) is 6.21. The van der Waals surface area contributed by atoms with Crippen LogP contribution in [0.15, 0.2) is 48.5 Å². The lowest BCUT2D eigenvalue weighted by Crippen LogP contribution is -2.47. The number of aromatic amines is 1. The molecule has 8 nitrogen and oxygen atoms in total. The van der Waals surface area contributed by atoms with Crippen LogP contribution >= 0.6 is 0 Å². The molecule has 0 bridgehead atoms. The van der Waals surface area contributed by atoms with Crippen molar-refractivity contribution < 1.29 is 14.7 Å². The monoisotopic (exact) mass is 495 g/mol. The van der Waals surface area contributed by atoms with Crippen molar-refractivity contribution in [2.75, 3.05) is 0 Å². The third kappa shape index (κ3) is 8.29. The molecule has 1 unspecified atom stereocenters. The van der Waals surface area contributed by atoms with Crippen molar-refractivity contribution in [1.29, 1.82) is 0 Å². The van der Waals surface area contributed by atoms with Crippen LogP contribution in [0, 0.1) is 5.92 Å². The van der Waals surface area contributed by atoms with E-state index in [1.165, 1.54) is 4.90 Å². The summed E-state index contributed by atoms with van der Waals surface area (Å²) >= 11 is 0. The Hall–Kier alpha value is -3.55. The Morgan fingerprint density at radius 2 is 1.58 bits per heavy atom. The molecule has 3 aromatic rings. The number of rotatable bonds is 10. The van der Waals surface area contributed by atoms with Crippen LogP contribution in [0.1, 0.15) is 73.3 Å². The summed E-state index contributed by atoms with van der Waals surface area (Å²) in [5, 5.41) is 24.0.